The van der Waals surface area contributed by atoms with Crippen molar-refractivity contribution in [3.63, 3.8) is 0 Å². The van der Waals surface area contributed by atoms with E-state index in [9.17, 15) is 4.21 Å². The van der Waals surface area contributed by atoms with E-state index in [0.717, 1.165) is 32.6 Å². The predicted molar refractivity (Wildman–Crippen MR) is 64.5 cm³/mol. The third kappa shape index (κ3) is 4.21. The molecular formula is C11H23NO2S. The van der Waals surface area contributed by atoms with Gasteiger partial charge in [-0.15, -0.1) is 0 Å². The van der Waals surface area contributed by atoms with Crippen molar-refractivity contribution in [3.8, 4) is 0 Å². The molecule has 4 atom stereocenters. The van der Waals surface area contributed by atoms with E-state index in [2.05, 4.69) is 12.2 Å². The van der Waals surface area contributed by atoms with Crippen molar-refractivity contribution in [2.75, 3.05) is 26.0 Å². The molecule has 1 rings (SSSR count). The molecule has 0 amide bonds. The highest BCUT2D eigenvalue weighted by molar-refractivity contribution is 7.84. The summed E-state index contributed by atoms with van der Waals surface area (Å²) in [5, 5.41) is 3.76. The molecule has 0 bridgehead atoms. The standard InChI is InChI=1S/C11H23NO2S/c1-4-11(10-5-6-14-8-10)12-7-9(2)15(3)13/h9-12H,4-8H2,1-3H3. The summed E-state index contributed by atoms with van der Waals surface area (Å²) in [7, 11) is -0.724. The van der Waals surface area contributed by atoms with E-state index in [-0.39, 0.29) is 5.25 Å². The maximum atomic E-state index is 11.2. The Kier molecular flexibility index (Phi) is 5.79. The summed E-state index contributed by atoms with van der Waals surface area (Å²) < 4.78 is 16.6. The first-order valence-corrected chi connectivity index (χ1v) is 7.40. The summed E-state index contributed by atoms with van der Waals surface area (Å²) in [4.78, 5) is 0. The lowest BCUT2D eigenvalue weighted by Crippen LogP contribution is -2.40. The van der Waals surface area contributed by atoms with Gasteiger partial charge in [0.15, 0.2) is 0 Å². The summed E-state index contributed by atoms with van der Waals surface area (Å²) in [6, 6.07) is 0.526. The van der Waals surface area contributed by atoms with Crippen LogP contribution in [0.15, 0.2) is 0 Å². The summed E-state index contributed by atoms with van der Waals surface area (Å²) in [5.41, 5.74) is 0. The number of hydrogen-bond donors (Lipinski definition) is 1. The molecule has 1 saturated heterocycles. The first-order chi connectivity index (χ1) is 7.15. The third-order valence-electron chi connectivity index (χ3n) is 3.21. The Morgan fingerprint density at radius 3 is 2.80 bits per heavy atom. The van der Waals surface area contributed by atoms with Crippen molar-refractivity contribution in [2.45, 2.75) is 38.0 Å². The molecule has 0 radical (unpaired) electrons. The van der Waals surface area contributed by atoms with Gasteiger partial charge in [-0.1, -0.05) is 6.92 Å². The van der Waals surface area contributed by atoms with E-state index < -0.39 is 10.8 Å². The topological polar surface area (TPSA) is 38.3 Å². The van der Waals surface area contributed by atoms with Crippen molar-refractivity contribution in [2.24, 2.45) is 5.92 Å². The molecule has 0 aromatic carbocycles. The third-order valence-corrected chi connectivity index (χ3v) is 4.51. The number of hydrogen-bond acceptors (Lipinski definition) is 3. The van der Waals surface area contributed by atoms with Crippen LogP contribution in [0.2, 0.25) is 0 Å². The van der Waals surface area contributed by atoms with Gasteiger partial charge in [-0.05, 0) is 25.7 Å². The Hall–Kier alpha value is 0.0700. The number of nitrogens with one attached hydrogen (secondary N) is 1. The second kappa shape index (κ2) is 6.61. The van der Waals surface area contributed by atoms with E-state index in [1.54, 1.807) is 6.26 Å². The van der Waals surface area contributed by atoms with Gasteiger partial charge in [-0.2, -0.15) is 0 Å². The van der Waals surface area contributed by atoms with Crippen molar-refractivity contribution in [3.05, 3.63) is 0 Å². The zero-order valence-corrected chi connectivity index (χ0v) is 10.8. The van der Waals surface area contributed by atoms with Crippen LogP contribution in [0.4, 0.5) is 0 Å². The molecule has 0 saturated carbocycles. The summed E-state index contributed by atoms with van der Waals surface area (Å²) >= 11 is 0. The number of rotatable bonds is 6. The highest BCUT2D eigenvalue weighted by atomic mass is 32.2. The van der Waals surface area contributed by atoms with Crippen molar-refractivity contribution < 1.29 is 8.95 Å². The summed E-state index contributed by atoms with van der Waals surface area (Å²) in [5.74, 6) is 0.646. The van der Waals surface area contributed by atoms with E-state index in [4.69, 9.17) is 4.74 Å². The zero-order valence-electron chi connectivity index (χ0n) is 9.99. The van der Waals surface area contributed by atoms with E-state index in [1.165, 1.54) is 0 Å². The Bertz CT molecular complexity index is 205. The van der Waals surface area contributed by atoms with Gasteiger partial charge in [0.2, 0.25) is 0 Å². The molecule has 90 valence electrons. The average Bonchev–Trinajstić information content (AvgIpc) is 2.71. The smallest absolute Gasteiger partial charge is 0.0509 e. The Morgan fingerprint density at radius 2 is 2.33 bits per heavy atom. The zero-order chi connectivity index (χ0) is 11.3. The fourth-order valence-corrected chi connectivity index (χ4v) is 2.28. The number of ether oxygens (including phenoxy) is 1. The van der Waals surface area contributed by atoms with Crippen LogP contribution in [0.25, 0.3) is 0 Å². The second-order valence-electron chi connectivity index (χ2n) is 4.36. The van der Waals surface area contributed by atoms with Gasteiger partial charge in [-0.3, -0.25) is 4.21 Å². The van der Waals surface area contributed by atoms with Crippen LogP contribution in [-0.4, -0.2) is 41.5 Å². The molecule has 0 aromatic heterocycles. The van der Waals surface area contributed by atoms with E-state index in [1.807, 2.05) is 6.92 Å². The molecule has 0 spiro atoms. The van der Waals surface area contributed by atoms with E-state index in [0.29, 0.717) is 12.0 Å². The molecule has 0 aromatic rings. The minimum atomic E-state index is -0.724. The quantitative estimate of drug-likeness (QED) is 0.748. The monoisotopic (exact) mass is 233 g/mol. The van der Waals surface area contributed by atoms with Crippen molar-refractivity contribution in [1.29, 1.82) is 0 Å². The Balaban J connectivity index is 2.30. The van der Waals surface area contributed by atoms with Crippen LogP contribution in [-0.2, 0) is 15.5 Å². The van der Waals surface area contributed by atoms with Crippen molar-refractivity contribution >= 4 is 10.8 Å². The van der Waals surface area contributed by atoms with Crippen LogP contribution in [0.5, 0.6) is 0 Å². The highest BCUT2D eigenvalue weighted by Crippen LogP contribution is 2.18. The highest BCUT2D eigenvalue weighted by Gasteiger charge is 2.24. The van der Waals surface area contributed by atoms with Gasteiger partial charge in [-0.25, -0.2) is 0 Å². The summed E-state index contributed by atoms with van der Waals surface area (Å²) in [6.07, 6.45) is 4.05. The normalized spacial score (nSPS) is 27.5. The SMILES string of the molecule is CCC(NCC(C)S(C)=O)C1CCOC1. The second-order valence-corrected chi connectivity index (χ2v) is 6.16. The molecule has 1 N–H and O–H groups in total. The Morgan fingerprint density at radius 1 is 1.60 bits per heavy atom. The van der Waals surface area contributed by atoms with Crippen LogP contribution in [0, 0.1) is 5.92 Å². The molecule has 1 aliphatic rings. The summed E-state index contributed by atoms with van der Waals surface area (Å²) in [6.45, 7) is 6.86. The molecule has 3 nitrogen and oxygen atoms in total. The average molecular weight is 233 g/mol. The largest absolute Gasteiger partial charge is 0.381 e. The lowest BCUT2D eigenvalue weighted by atomic mass is 9.97. The van der Waals surface area contributed by atoms with Gasteiger partial charge in [0.05, 0.1) is 6.61 Å². The van der Waals surface area contributed by atoms with Gasteiger partial charge >= 0.3 is 0 Å². The first-order valence-electron chi connectivity index (χ1n) is 5.78. The molecule has 0 aliphatic carbocycles. The molecule has 1 aliphatic heterocycles. The predicted octanol–water partition coefficient (Wildman–Crippen LogP) is 1.16. The van der Waals surface area contributed by atoms with Crippen molar-refractivity contribution in [1.82, 2.24) is 5.32 Å². The van der Waals surface area contributed by atoms with Gasteiger partial charge < -0.3 is 10.1 Å². The van der Waals surface area contributed by atoms with Crippen LogP contribution < -0.4 is 5.32 Å². The lowest BCUT2D eigenvalue weighted by molar-refractivity contribution is 0.176. The van der Waals surface area contributed by atoms with Gasteiger partial charge in [0, 0.05) is 41.5 Å². The van der Waals surface area contributed by atoms with Crippen LogP contribution in [0.1, 0.15) is 26.7 Å². The molecule has 4 unspecified atom stereocenters. The van der Waals surface area contributed by atoms with Gasteiger partial charge in [0.1, 0.15) is 0 Å². The van der Waals surface area contributed by atoms with Crippen LogP contribution >= 0.6 is 0 Å². The first kappa shape index (κ1) is 13.1. The molecule has 1 fully saturated rings. The fraction of sp³-hybridized carbons (Fsp3) is 1.00. The molecular weight excluding hydrogens is 210 g/mol. The Labute approximate surface area is 95.4 Å². The molecule has 4 heteroatoms. The maximum Gasteiger partial charge on any atom is 0.0509 e. The molecule has 1 heterocycles. The minimum Gasteiger partial charge on any atom is -0.381 e. The fourth-order valence-electron chi connectivity index (χ4n) is 1.95. The lowest BCUT2D eigenvalue weighted by Gasteiger charge is -2.23. The van der Waals surface area contributed by atoms with Gasteiger partial charge in [0.25, 0.3) is 0 Å². The van der Waals surface area contributed by atoms with E-state index >= 15 is 0 Å². The molecule has 15 heavy (non-hydrogen) atoms. The minimum absolute atomic E-state index is 0.237. The maximum absolute atomic E-state index is 11.2. The van der Waals surface area contributed by atoms with Crippen LogP contribution in [0.3, 0.4) is 0 Å².